The van der Waals surface area contributed by atoms with Crippen LogP contribution < -0.4 is 5.43 Å². The molecule has 6 heteroatoms. The third-order valence-electron chi connectivity index (χ3n) is 2.61. The number of hydrogen-bond acceptors (Lipinski definition) is 3. The fourth-order valence-electron chi connectivity index (χ4n) is 2.05. The first-order chi connectivity index (χ1) is 8.31. The molecule has 0 bridgehead atoms. The maximum atomic E-state index is 11.5. The molecule has 0 amide bonds. The van der Waals surface area contributed by atoms with Crippen molar-refractivity contribution >= 4 is 21.6 Å². The van der Waals surface area contributed by atoms with E-state index in [1.54, 1.807) is 10.8 Å². The summed E-state index contributed by atoms with van der Waals surface area (Å²) in [6, 6.07) is 0. The molecule has 1 aromatic heterocycles. The lowest BCUT2D eigenvalue weighted by Crippen LogP contribution is -2.16. The van der Waals surface area contributed by atoms with E-state index in [1.165, 1.54) is 6.20 Å². The Kier molecular flexibility index (Phi) is 5.07. The summed E-state index contributed by atoms with van der Waals surface area (Å²) in [6.45, 7) is 7.04. The molecule has 0 saturated heterocycles. The Labute approximate surface area is 114 Å². The lowest BCUT2D eigenvalue weighted by Gasteiger charge is -2.16. The van der Waals surface area contributed by atoms with Crippen molar-refractivity contribution in [2.24, 2.45) is 11.8 Å². The smallest absolute Gasteiger partial charge is 0.333 e. The number of pyridine rings is 1. The average molecular weight is 317 g/mol. The first-order valence-electron chi connectivity index (χ1n) is 5.85. The van der Waals surface area contributed by atoms with E-state index in [0.717, 1.165) is 6.42 Å². The maximum absolute atomic E-state index is 11.5. The molecular weight excluding hydrogens is 300 g/mol. The summed E-state index contributed by atoms with van der Waals surface area (Å²) >= 11 is 3.07. The SMILES string of the molecule is CC(C)CC(C)Cn1cc(Br)c(=O)c([N+](=O)[O-])c1. The van der Waals surface area contributed by atoms with E-state index in [-0.39, 0.29) is 10.2 Å². The van der Waals surface area contributed by atoms with Gasteiger partial charge in [-0.2, -0.15) is 0 Å². The van der Waals surface area contributed by atoms with Gasteiger partial charge in [0.2, 0.25) is 0 Å². The van der Waals surface area contributed by atoms with E-state index >= 15 is 0 Å². The van der Waals surface area contributed by atoms with Crippen molar-refractivity contribution in [2.75, 3.05) is 0 Å². The van der Waals surface area contributed by atoms with Gasteiger partial charge in [0.15, 0.2) is 0 Å². The Morgan fingerprint density at radius 1 is 1.39 bits per heavy atom. The molecule has 0 saturated carbocycles. The highest BCUT2D eigenvalue weighted by Crippen LogP contribution is 2.16. The van der Waals surface area contributed by atoms with Crippen molar-refractivity contribution in [3.63, 3.8) is 0 Å². The second-order valence-electron chi connectivity index (χ2n) is 5.01. The number of aromatic nitrogens is 1. The van der Waals surface area contributed by atoms with E-state index in [0.29, 0.717) is 18.4 Å². The van der Waals surface area contributed by atoms with Gasteiger partial charge in [0.1, 0.15) is 0 Å². The van der Waals surface area contributed by atoms with Crippen LogP contribution in [0.25, 0.3) is 0 Å². The van der Waals surface area contributed by atoms with Crippen molar-refractivity contribution in [1.82, 2.24) is 4.57 Å². The molecule has 0 aliphatic heterocycles. The number of halogens is 1. The zero-order chi connectivity index (χ0) is 13.9. The predicted molar refractivity (Wildman–Crippen MR) is 73.7 cm³/mol. The van der Waals surface area contributed by atoms with Crippen molar-refractivity contribution in [3.05, 3.63) is 37.2 Å². The second-order valence-corrected chi connectivity index (χ2v) is 5.86. The molecule has 1 atom stereocenters. The first kappa shape index (κ1) is 14.9. The molecule has 1 aromatic rings. The highest BCUT2D eigenvalue weighted by Gasteiger charge is 2.16. The molecule has 0 fully saturated rings. The van der Waals surface area contributed by atoms with Gasteiger partial charge < -0.3 is 4.57 Å². The van der Waals surface area contributed by atoms with Crippen LogP contribution in [-0.2, 0) is 6.54 Å². The van der Waals surface area contributed by atoms with Crippen LogP contribution in [0.1, 0.15) is 27.2 Å². The standard InChI is InChI=1S/C12H17BrN2O3/c1-8(2)4-9(3)5-14-6-10(13)12(16)11(7-14)15(17)18/h6-9H,4-5H2,1-3H3. The Morgan fingerprint density at radius 3 is 2.50 bits per heavy atom. The summed E-state index contributed by atoms with van der Waals surface area (Å²) in [7, 11) is 0. The van der Waals surface area contributed by atoms with Crippen LogP contribution in [0.4, 0.5) is 5.69 Å². The molecule has 0 aliphatic carbocycles. The number of rotatable bonds is 5. The normalized spacial score (nSPS) is 12.7. The molecule has 5 nitrogen and oxygen atoms in total. The Morgan fingerprint density at radius 2 is 2.00 bits per heavy atom. The third-order valence-corrected chi connectivity index (χ3v) is 3.17. The van der Waals surface area contributed by atoms with E-state index in [2.05, 4.69) is 36.7 Å². The molecule has 1 unspecified atom stereocenters. The number of hydrogen-bond donors (Lipinski definition) is 0. The van der Waals surface area contributed by atoms with Crippen LogP contribution in [0.5, 0.6) is 0 Å². The van der Waals surface area contributed by atoms with Crippen LogP contribution in [0, 0.1) is 22.0 Å². The predicted octanol–water partition coefficient (Wildman–Crippen LogP) is 3.20. The van der Waals surface area contributed by atoms with Crippen molar-refractivity contribution in [2.45, 2.75) is 33.7 Å². The van der Waals surface area contributed by atoms with Gasteiger partial charge in [-0.05, 0) is 34.2 Å². The molecule has 1 rings (SSSR count). The van der Waals surface area contributed by atoms with Crippen molar-refractivity contribution in [1.29, 1.82) is 0 Å². The minimum absolute atomic E-state index is 0.230. The van der Waals surface area contributed by atoms with E-state index < -0.39 is 10.4 Å². The molecule has 0 aliphatic rings. The third kappa shape index (κ3) is 3.94. The summed E-state index contributed by atoms with van der Waals surface area (Å²) in [5.41, 5.74) is -0.964. The van der Waals surface area contributed by atoms with E-state index in [1.807, 2.05) is 0 Å². The Balaban J connectivity index is 2.97. The first-order valence-corrected chi connectivity index (χ1v) is 6.64. The molecule has 0 radical (unpaired) electrons. The Bertz CT molecular complexity index is 497. The zero-order valence-corrected chi connectivity index (χ0v) is 12.3. The van der Waals surface area contributed by atoms with Crippen LogP contribution in [0.3, 0.4) is 0 Å². The fraction of sp³-hybridized carbons (Fsp3) is 0.583. The number of nitro groups is 1. The number of nitrogens with zero attached hydrogens (tertiary/aromatic N) is 2. The molecule has 18 heavy (non-hydrogen) atoms. The molecular formula is C12H17BrN2O3. The molecule has 0 N–H and O–H groups in total. The molecule has 0 spiro atoms. The monoisotopic (exact) mass is 316 g/mol. The van der Waals surface area contributed by atoms with Crippen LogP contribution >= 0.6 is 15.9 Å². The highest BCUT2D eigenvalue weighted by molar-refractivity contribution is 9.10. The van der Waals surface area contributed by atoms with Crippen LogP contribution in [0.2, 0.25) is 0 Å². The van der Waals surface area contributed by atoms with Gasteiger partial charge in [0, 0.05) is 12.7 Å². The molecule has 100 valence electrons. The average Bonchev–Trinajstić information content (AvgIpc) is 2.21. The van der Waals surface area contributed by atoms with Crippen LogP contribution in [-0.4, -0.2) is 9.49 Å². The zero-order valence-electron chi connectivity index (χ0n) is 10.7. The fourth-order valence-corrected chi connectivity index (χ4v) is 2.52. The minimum Gasteiger partial charge on any atom is -0.347 e. The largest absolute Gasteiger partial charge is 0.347 e. The highest BCUT2D eigenvalue weighted by atomic mass is 79.9. The van der Waals surface area contributed by atoms with E-state index in [4.69, 9.17) is 0 Å². The summed E-state index contributed by atoms with van der Waals surface area (Å²) < 4.78 is 1.94. The van der Waals surface area contributed by atoms with Gasteiger partial charge in [-0.15, -0.1) is 0 Å². The lowest BCUT2D eigenvalue weighted by molar-refractivity contribution is -0.386. The summed E-state index contributed by atoms with van der Waals surface area (Å²) in [4.78, 5) is 21.6. The van der Waals surface area contributed by atoms with Gasteiger partial charge in [0.25, 0.3) is 5.43 Å². The van der Waals surface area contributed by atoms with Gasteiger partial charge in [-0.1, -0.05) is 20.8 Å². The Hall–Kier alpha value is -1.17. The van der Waals surface area contributed by atoms with Gasteiger partial charge >= 0.3 is 5.69 Å². The van der Waals surface area contributed by atoms with Crippen molar-refractivity contribution < 1.29 is 4.92 Å². The van der Waals surface area contributed by atoms with Gasteiger partial charge in [-0.25, -0.2) is 0 Å². The van der Waals surface area contributed by atoms with E-state index in [9.17, 15) is 14.9 Å². The topological polar surface area (TPSA) is 65.1 Å². The summed E-state index contributed by atoms with van der Waals surface area (Å²) in [5.74, 6) is 0.983. The maximum Gasteiger partial charge on any atom is 0.333 e. The van der Waals surface area contributed by atoms with Gasteiger partial charge in [-0.3, -0.25) is 14.9 Å². The second kappa shape index (κ2) is 6.13. The minimum atomic E-state index is -0.642. The summed E-state index contributed by atoms with van der Waals surface area (Å²) in [5, 5.41) is 10.8. The molecule has 1 heterocycles. The summed E-state index contributed by atoms with van der Waals surface area (Å²) in [6.07, 6.45) is 3.95. The van der Waals surface area contributed by atoms with Crippen molar-refractivity contribution in [3.8, 4) is 0 Å². The van der Waals surface area contributed by atoms with Gasteiger partial charge in [0.05, 0.1) is 15.6 Å². The lowest BCUT2D eigenvalue weighted by atomic mass is 9.99. The quantitative estimate of drug-likeness (QED) is 0.619. The molecule has 0 aromatic carbocycles. The van der Waals surface area contributed by atoms with Crippen LogP contribution in [0.15, 0.2) is 21.7 Å².